The number of fused-ring (bicyclic) bond motifs is 7. The van der Waals surface area contributed by atoms with E-state index >= 15 is 0 Å². The second kappa shape index (κ2) is 10.5. The van der Waals surface area contributed by atoms with E-state index in [4.69, 9.17) is 23.8 Å². The first-order valence-electron chi connectivity index (χ1n) is 15.9. The summed E-state index contributed by atoms with van der Waals surface area (Å²) >= 11 is 0. The van der Waals surface area contributed by atoms with E-state index in [-0.39, 0.29) is 0 Å². The fourth-order valence-electron chi connectivity index (χ4n) is 6.88. The molecule has 3 aromatic heterocycles. The Morgan fingerprint density at radius 2 is 0.854 bits per heavy atom. The summed E-state index contributed by atoms with van der Waals surface area (Å²) in [7, 11) is 0. The highest BCUT2D eigenvalue weighted by atomic mass is 16.3. The highest BCUT2D eigenvalue weighted by Gasteiger charge is 2.19. The molecule has 0 aliphatic rings. The lowest BCUT2D eigenvalue weighted by Gasteiger charge is -2.11. The van der Waals surface area contributed by atoms with Crippen LogP contribution in [-0.2, 0) is 0 Å². The Balaban J connectivity index is 1.20. The third-order valence-electron chi connectivity index (χ3n) is 9.12. The van der Waals surface area contributed by atoms with Crippen molar-refractivity contribution in [3.63, 3.8) is 0 Å². The van der Waals surface area contributed by atoms with Crippen molar-refractivity contribution in [2.24, 2.45) is 0 Å². The summed E-state index contributed by atoms with van der Waals surface area (Å²) in [6, 6.07) is 51.6. The molecule has 0 saturated heterocycles. The first kappa shape index (κ1) is 26.6. The van der Waals surface area contributed by atoms with Gasteiger partial charge in [0, 0.05) is 38.2 Å². The molecule has 48 heavy (non-hydrogen) atoms. The van der Waals surface area contributed by atoms with Crippen molar-refractivity contribution >= 4 is 54.6 Å². The number of hydrogen-bond donors (Lipinski definition) is 0. The molecular weight excluding hydrogens is 590 g/mol. The number of nitrogens with zero attached hydrogens (tertiary/aromatic N) is 3. The van der Waals surface area contributed by atoms with Crippen molar-refractivity contribution in [2.45, 2.75) is 0 Å². The number of para-hydroxylation sites is 2. The van der Waals surface area contributed by atoms with Crippen LogP contribution in [0.4, 0.5) is 0 Å². The minimum absolute atomic E-state index is 0.591. The minimum atomic E-state index is 0.591. The van der Waals surface area contributed by atoms with Gasteiger partial charge in [0.2, 0.25) is 0 Å². The van der Waals surface area contributed by atoms with E-state index in [0.717, 1.165) is 77.1 Å². The van der Waals surface area contributed by atoms with E-state index in [0.29, 0.717) is 17.5 Å². The van der Waals surface area contributed by atoms with Crippen LogP contribution in [0.1, 0.15) is 0 Å². The molecule has 0 aliphatic carbocycles. The fourth-order valence-corrected chi connectivity index (χ4v) is 6.88. The molecule has 0 spiro atoms. The van der Waals surface area contributed by atoms with Crippen molar-refractivity contribution in [3.05, 3.63) is 152 Å². The Kier molecular flexibility index (Phi) is 5.81. The Morgan fingerprint density at radius 3 is 1.58 bits per heavy atom. The van der Waals surface area contributed by atoms with Crippen molar-refractivity contribution in [2.75, 3.05) is 0 Å². The number of aromatic nitrogens is 3. The second-order valence-electron chi connectivity index (χ2n) is 12.0. The van der Waals surface area contributed by atoms with E-state index in [1.807, 2.05) is 54.6 Å². The number of benzene rings is 7. The van der Waals surface area contributed by atoms with Crippen LogP contribution in [-0.4, -0.2) is 15.0 Å². The average molecular weight is 616 g/mol. The average Bonchev–Trinajstić information content (AvgIpc) is 3.73. The molecule has 0 saturated carbocycles. The first-order valence-corrected chi connectivity index (χ1v) is 15.9. The molecule has 0 atom stereocenters. The van der Waals surface area contributed by atoms with Gasteiger partial charge >= 0.3 is 0 Å². The lowest BCUT2D eigenvalue weighted by Crippen LogP contribution is -2.00. The van der Waals surface area contributed by atoms with Gasteiger partial charge in [-0.2, -0.15) is 0 Å². The molecule has 5 nitrogen and oxygen atoms in total. The highest BCUT2D eigenvalue weighted by Crippen LogP contribution is 2.39. The fraction of sp³-hybridized carbons (Fsp3) is 0. The van der Waals surface area contributed by atoms with Gasteiger partial charge in [-0.25, -0.2) is 15.0 Å². The second-order valence-corrected chi connectivity index (χ2v) is 12.0. The normalized spacial score (nSPS) is 11.8. The molecule has 10 rings (SSSR count). The molecular formula is C43H25N3O2. The summed E-state index contributed by atoms with van der Waals surface area (Å²) in [6.07, 6.45) is 0. The number of hydrogen-bond acceptors (Lipinski definition) is 5. The Bertz CT molecular complexity index is 2860. The molecule has 0 radical (unpaired) electrons. The maximum absolute atomic E-state index is 6.24. The van der Waals surface area contributed by atoms with Gasteiger partial charge in [0.05, 0.1) is 0 Å². The zero-order valence-electron chi connectivity index (χ0n) is 25.6. The van der Waals surface area contributed by atoms with Crippen LogP contribution in [0.5, 0.6) is 0 Å². The minimum Gasteiger partial charge on any atom is -0.456 e. The summed E-state index contributed by atoms with van der Waals surface area (Å²) in [5.41, 5.74) is 8.23. The van der Waals surface area contributed by atoms with Gasteiger partial charge in [0.15, 0.2) is 17.5 Å². The molecule has 0 bridgehead atoms. The third-order valence-corrected chi connectivity index (χ3v) is 9.12. The van der Waals surface area contributed by atoms with E-state index in [1.54, 1.807) is 0 Å². The zero-order chi connectivity index (χ0) is 31.6. The van der Waals surface area contributed by atoms with Crippen molar-refractivity contribution in [1.29, 1.82) is 0 Å². The molecule has 0 aliphatic heterocycles. The summed E-state index contributed by atoms with van der Waals surface area (Å²) in [5.74, 6) is 1.80. The lowest BCUT2D eigenvalue weighted by atomic mass is 9.97. The highest BCUT2D eigenvalue weighted by molar-refractivity contribution is 6.13. The van der Waals surface area contributed by atoms with Crippen LogP contribution in [0.3, 0.4) is 0 Å². The van der Waals surface area contributed by atoms with Crippen molar-refractivity contribution in [3.8, 4) is 45.3 Å². The van der Waals surface area contributed by atoms with Crippen molar-refractivity contribution in [1.82, 2.24) is 15.0 Å². The quantitative estimate of drug-likeness (QED) is 0.197. The van der Waals surface area contributed by atoms with Crippen LogP contribution in [0.2, 0.25) is 0 Å². The smallest absolute Gasteiger partial charge is 0.164 e. The van der Waals surface area contributed by atoms with Gasteiger partial charge in [0.25, 0.3) is 0 Å². The molecule has 3 heterocycles. The first-order chi connectivity index (χ1) is 23.8. The van der Waals surface area contributed by atoms with E-state index in [2.05, 4.69) is 97.1 Å². The lowest BCUT2D eigenvalue weighted by molar-refractivity contribution is 0.668. The van der Waals surface area contributed by atoms with Crippen LogP contribution < -0.4 is 0 Å². The third kappa shape index (κ3) is 4.22. The van der Waals surface area contributed by atoms with E-state index in [9.17, 15) is 0 Å². The molecule has 10 aromatic rings. The van der Waals surface area contributed by atoms with Gasteiger partial charge < -0.3 is 8.83 Å². The molecule has 224 valence electrons. The van der Waals surface area contributed by atoms with Crippen LogP contribution in [0, 0.1) is 0 Å². The topological polar surface area (TPSA) is 65.0 Å². The standard InChI is InChI=1S/C43H25N3O2/c1-2-11-27-24-30(23-22-26(27)10-1)42-44-41(45-43(46-42)34-17-9-21-38-40(34)33-15-4-6-19-36(33)48-38)29-13-7-12-28(25-29)31-16-8-20-37-39(31)32-14-3-5-18-35(32)47-37/h1-25H. The van der Waals surface area contributed by atoms with Crippen LogP contribution in [0.25, 0.3) is 99.9 Å². The summed E-state index contributed by atoms with van der Waals surface area (Å²) in [6.45, 7) is 0. The van der Waals surface area contributed by atoms with Crippen LogP contribution >= 0.6 is 0 Å². The summed E-state index contributed by atoms with van der Waals surface area (Å²) < 4.78 is 12.4. The van der Waals surface area contributed by atoms with E-state index < -0.39 is 0 Å². The molecule has 5 heteroatoms. The van der Waals surface area contributed by atoms with Gasteiger partial charge in [-0.3, -0.25) is 0 Å². The molecule has 0 fully saturated rings. The SMILES string of the molecule is c1cc(-c2nc(-c3ccc4ccccc4c3)nc(-c3cccc4oc5ccccc5c34)n2)cc(-c2cccc3oc4ccccc4c23)c1. The Morgan fingerprint density at radius 1 is 0.333 bits per heavy atom. The number of furan rings is 2. The predicted molar refractivity (Wildman–Crippen MR) is 194 cm³/mol. The van der Waals surface area contributed by atoms with Gasteiger partial charge in [0.1, 0.15) is 22.3 Å². The summed E-state index contributed by atoms with van der Waals surface area (Å²) in [4.78, 5) is 15.4. The molecule has 0 unspecified atom stereocenters. The maximum Gasteiger partial charge on any atom is 0.164 e. The van der Waals surface area contributed by atoms with Gasteiger partial charge in [-0.15, -0.1) is 0 Å². The van der Waals surface area contributed by atoms with E-state index in [1.165, 1.54) is 5.39 Å². The Labute approximate surface area is 274 Å². The molecule has 7 aromatic carbocycles. The monoisotopic (exact) mass is 615 g/mol. The van der Waals surface area contributed by atoms with Gasteiger partial charge in [-0.05, 0) is 58.3 Å². The molecule has 0 amide bonds. The Hall–Kier alpha value is -6.59. The van der Waals surface area contributed by atoms with Crippen molar-refractivity contribution < 1.29 is 8.83 Å². The zero-order valence-corrected chi connectivity index (χ0v) is 25.6. The van der Waals surface area contributed by atoms with Gasteiger partial charge in [-0.1, -0.05) is 115 Å². The maximum atomic E-state index is 6.24. The van der Waals surface area contributed by atoms with Crippen LogP contribution in [0.15, 0.2) is 160 Å². The number of rotatable bonds is 4. The summed E-state index contributed by atoms with van der Waals surface area (Å²) in [5, 5.41) is 6.50. The molecule has 0 N–H and O–H groups in total. The largest absolute Gasteiger partial charge is 0.456 e. The predicted octanol–water partition coefficient (Wildman–Crippen LogP) is 11.5.